The van der Waals surface area contributed by atoms with Gasteiger partial charge in [0.15, 0.2) is 0 Å². The van der Waals surface area contributed by atoms with Crippen LogP contribution >= 0.6 is 11.6 Å². The van der Waals surface area contributed by atoms with Gasteiger partial charge >= 0.3 is 0 Å². The fourth-order valence-corrected chi connectivity index (χ4v) is 6.29. The van der Waals surface area contributed by atoms with Crippen LogP contribution in [0.5, 0.6) is 0 Å². The summed E-state index contributed by atoms with van der Waals surface area (Å²) in [5.41, 5.74) is 0.938. The highest BCUT2D eigenvalue weighted by molar-refractivity contribution is 7.89. The number of benzene rings is 2. The Morgan fingerprint density at radius 3 is 2.32 bits per heavy atom. The molecule has 2 saturated heterocycles. The highest BCUT2D eigenvalue weighted by atomic mass is 35.5. The van der Waals surface area contributed by atoms with Crippen LogP contribution < -0.4 is 0 Å². The molecule has 1 aliphatic carbocycles. The average Bonchev–Trinajstić information content (AvgIpc) is 2.62. The van der Waals surface area contributed by atoms with Crippen molar-refractivity contribution in [3.63, 3.8) is 0 Å². The average molecular weight is 378 g/mol. The first kappa shape index (κ1) is 17.0. The molecule has 3 aliphatic rings. The number of halogens is 1. The van der Waals surface area contributed by atoms with Gasteiger partial charge in [-0.1, -0.05) is 41.9 Å². The van der Waals surface area contributed by atoms with Crippen molar-refractivity contribution in [2.24, 2.45) is 5.92 Å². The Balaban J connectivity index is 1.81. The quantitative estimate of drug-likeness (QED) is 0.888. The molecule has 2 aromatic rings. The molecule has 4 atom stereocenters. The van der Waals surface area contributed by atoms with Crippen molar-refractivity contribution in [2.45, 2.75) is 42.3 Å². The van der Waals surface area contributed by atoms with Gasteiger partial charge in [-0.15, -0.1) is 0 Å². The van der Waals surface area contributed by atoms with E-state index in [2.05, 4.69) is 0 Å². The van der Waals surface area contributed by atoms with Crippen molar-refractivity contribution in [3.8, 4) is 0 Å². The Kier molecular flexibility index (Phi) is 4.36. The van der Waals surface area contributed by atoms with Gasteiger partial charge in [0.1, 0.15) is 0 Å². The summed E-state index contributed by atoms with van der Waals surface area (Å²) in [5.74, 6) is -0.0746. The number of aliphatic hydroxyl groups excluding tert-OH is 1. The van der Waals surface area contributed by atoms with Crippen LogP contribution in [0, 0.1) is 5.92 Å². The lowest BCUT2D eigenvalue weighted by molar-refractivity contribution is -0.0537. The predicted molar refractivity (Wildman–Crippen MR) is 96.8 cm³/mol. The van der Waals surface area contributed by atoms with E-state index in [4.69, 9.17) is 11.6 Å². The minimum absolute atomic E-state index is 0.0746. The molecule has 2 aliphatic heterocycles. The molecule has 0 unspecified atom stereocenters. The first-order valence-electron chi connectivity index (χ1n) is 8.50. The second-order valence-corrected chi connectivity index (χ2v) is 9.12. The van der Waals surface area contributed by atoms with Crippen molar-refractivity contribution < 1.29 is 13.5 Å². The lowest BCUT2D eigenvalue weighted by atomic mass is 9.72. The zero-order valence-electron chi connectivity index (χ0n) is 13.6. The third-order valence-electron chi connectivity index (χ3n) is 5.41. The molecule has 4 nitrogen and oxygen atoms in total. The molecule has 2 heterocycles. The Labute approximate surface area is 153 Å². The van der Waals surface area contributed by atoms with Gasteiger partial charge in [0.05, 0.1) is 17.0 Å². The van der Waals surface area contributed by atoms with Gasteiger partial charge in [0, 0.05) is 17.0 Å². The van der Waals surface area contributed by atoms with E-state index in [1.54, 1.807) is 28.6 Å². The van der Waals surface area contributed by atoms with E-state index >= 15 is 0 Å². The fourth-order valence-electron chi connectivity index (χ4n) is 4.28. The Hall–Kier alpha value is -1.40. The number of piperidine rings is 2. The topological polar surface area (TPSA) is 57.6 Å². The van der Waals surface area contributed by atoms with Gasteiger partial charge in [-0.2, -0.15) is 4.31 Å². The van der Waals surface area contributed by atoms with E-state index in [9.17, 15) is 13.5 Å². The third kappa shape index (κ3) is 2.89. The summed E-state index contributed by atoms with van der Waals surface area (Å²) in [6.07, 6.45) is 1.68. The summed E-state index contributed by atoms with van der Waals surface area (Å²) in [4.78, 5) is 0.250. The fraction of sp³-hybridized carbons (Fsp3) is 0.368. The Bertz CT molecular complexity index is 854. The summed E-state index contributed by atoms with van der Waals surface area (Å²) in [7, 11) is -3.67. The van der Waals surface area contributed by atoms with Gasteiger partial charge in [0.25, 0.3) is 0 Å². The molecule has 0 aromatic heterocycles. The molecule has 3 fully saturated rings. The first-order valence-corrected chi connectivity index (χ1v) is 10.3. The molecule has 1 N–H and O–H groups in total. The van der Waals surface area contributed by atoms with Crippen LogP contribution in [0.2, 0.25) is 5.02 Å². The van der Waals surface area contributed by atoms with Gasteiger partial charge in [0.2, 0.25) is 10.0 Å². The second kappa shape index (κ2) is 6.40. The third-order valence-corrected chi connectivity index (χ3v) is 7.61. The lowest BCUT2D eigenvalue weighted by Gasteiger charge is -2.52. The van der Waals surface area contributed by atoms with Gasteiger partial charge < -0.3 is 5.11 Å². The number of fused-ring (bicyclic) bond motifs is 3. The predicted octanol–water partition coefficient (Wildman–Crippen LogP) is 3.62. The normalized spacial score (nSPS) is 29.7. The maximum absolute atomic E-state index is 13.4. The molecule has 6 heteroatoms. The van der Waals surface area contributed by atoms with Crippen LogP contribution in [0.15, 0.2) is 59.5 Å². The first-order chi connectivity index (χ1) is 12.0. The van der Waals surface area contributed by atoms with Gasteiger partial charge in [-0.05, 0) is 49.1 Å². The summed E-state index contributed by atoms with van der Waals surface area (Å²) < 4.78 is 28.4. The Morgan fingerprint density at radius 2 is 1.68 bits per heavy atom. The molecular weight excluding hydrogens is 358 g/mol. The van der Waals surface area contributed by atoms with Crippen molar-refractivity contribution in [2.75, 3.05) is 0 Å². The maximum atomic E-state index is 13.4. The number of aliphatic hydroxyl groups is 1. The highest BCUT2D eigenvalue weighted by Gasteiger charge is 2.52. The molecule has 132 valence electrons. The number of hydrogen-bond donors (Lipinski definition) is 1. The summed E-state index contributed by atoms with van der Waals surface area (Å²) in [6, 6.07) is 15.4. The van der Waals surface area contributed by atoms with E-state index in [1.165, 1.54) is 0 Å². The summed E-state index contributed by atoms with van der Waals surface area (Å²) >= 11 is 5.91. The van der Waals surface area contributed by atoms with Crippen LogP contribution in [0.3, 0.4) is 0 Å². The molecule has 2 bridgehead atoms. The van der Waals surface area contributed by atoms with E-state index in [1.807, 2.05) is 30.3 Å². The number of rotatable bonds is 3. The summed E-state index contributed by atoms with van der Waals surface area (Å²) in [5, 5.41) is 11.0. The molecular formula is C19H20ClNO3S. The molecule has 0 spiro atoms. The minimum atomic E-state index is -3.67. The molecule has 0 radical (unpaired) electrons. The maximum Gasteiger partial charge on any atom is 0.243 e. The number of nitrogens with zero attached hydrogens (tertiary/aromatic N) is 1. The highest BCUT2D eigenvalue weighted by Crippen LogP contribution is 2.49. The molecule has 2 aromatic carbocycles. The molecule has 25 heavy (non-hydrogen) atoms. The van der Waals surface area contributed by atoms with Crippen LogP contribution in [-0.2, 0) is 10.0 Å². The van der Waals surface area contributed by atoms with Crippen molar-refractivity contribution in [1.29, 1.82) is 0 Å². The minimum Gasteiger partial charge on any atom is -0.393 e. The van der Waals surface area contributed by atoms with Gasteiger partial charge in [-0.3, -0.25) is 0 Å². The van der Waals surface area contributed by atoms with Crippen LogP contribution in [0.4, 0.5) is 0 Å². The molecule has 5 rings (SSSR count). The number of hydrogen-bond acceptors (Lipinski definition) is 3. The molecule has 0 amide bonds. The van der Waals surface area contributed by atoms with Crippen molar-refractivity contribution >= 4 is 21.6 Å². The van der Waals surface area contributed by atoms with Crippen molar-refractivity contribution in [3.05, 3.63) is 65.2 Å². The molecule has 1 saturated carbocycles. The van der Waals surface area contributed by atoms with Gasteiger partial charge in [-0.25, -0.2) is 8.42 Å². The Morgan fingerprint density at radius 1 is 1.00 bits per heavy atom. The second-order valence-electron chi connectivity index (χ2n) is 6.84. The van der Waals surface area contributed by atoms with E-state index in [-0.39, 0.29) is 22.9 Å². The van der Waals surface area contributed by atoms with Crippen LogP contribution in [-0.4, -0.2) is 30.0 Å². The van der Waals surface area contributed by atoms with Crippen LogP contribution in [0.25, 0.3) is 0 Å². The zero-order chi connectivity index (χ0) is 17.6. The lowest BCUT2D eigenvalue weighted by Crippen LogP contribution is -2.57. The van der Waals surface area contributed by atoms with E-state index in [0.29, 0.717) is 11.4 Å². The zero-order valence-corrected chi connectivity index (χ0v) is 15.2. The summed E-state index contributed by atoms with van der Waals surface area (Å²) in [6.45, 7) is 0. The van der Waals surface area contributed by atoms with E-state index in [0.717, 1.165) is 18.4 Å². The van der Waals surface area contributed by atoms with E-state index < -0.39 is 16.1 Å². The van der Waals surface area contributed by atoms with Crippen LogP contribution in [0.1, 0.15) is 30.9 Å². The standard InChI is InChI=1S/C19H20ClNO3S/c20-14-6-9-16(10-7-14)25(23,24)21-15-8-11-17(18(22)12-15)19(21)13-4-2-1-3-5-13/h1-7,9-10,15,17-19,22H,8,11-12H2/t15-,17+,18-,19+/m0/s1. The smallest absolute Gasteiger partial charge is 0.243 e. The van der Waals surface area contributed by atoms with Crippen molar-refractivity contribution in [1.82, 2.24) is 4.31 Å². The SMILES string of the molecule is O=S(=O)(c1ccc(Cl)cc1)N1[C@H]2CC[C@@H]([C@H]1c1ccccc1)[C@@H](O)C2. The largest absolute Gasteiger partial charge is 0.393 e. The number of sulfonamides is 1. The monoisotopic (exact) mass is 377 g/mol.